The van der Waals surface area contributed by atoms with Gasteiger partial charge in [0.25, 0.3) is 0 Å². The smallest absolute Gasteiger partial charge is 0.195 e. The summed E-state index contributed by atoms with van der Waals surface area (Å²) in [5.74, 6) is -0.0133. The quantitative estimate of drug-likeness (QED) is 0.630. The summed E-state index contributed by atoms with van der Waals surface area (Å²) in [6.07, 6.45) is 1.91. The fraction of sp³-hybridized carbons (Fsp3) is 0.350. The third kappa shape index (κ3) is 3.37. The maximum atomic E-state index is 13.0. The van der Waals surface area contributed by atoms with Crippen LogP contribution in [-0.4, -0.2) is 71.6 Å². The Morgan fingerprint density at radius 1 is 0.840 bits per heavy atom. The number of quaternary nitrogens is 1. The van der Waals surface area contributed by atoms with E-state index in [1.54, 1.807) is 0 Å². The molecule has 0 aliphatic heterocycles. The van der Waals surface area contributed by atoms with Crippen LogP contribution in [0.2, 0.25) is 0 Å². The van der Waals surface area contributed by atoms with E-state index in [1.807, 2.05) is 42.5 Å². The number of ketones is 1. The van der Waals surface area contributed by atoms with Crippen LogP contribution in [0.3, 0.4) is 0 Å². The summed E-state index contributed by atoms with van der Waals surface area (Å²) in [4.78, 5) is 13.0. The maximum Gasteiger partial charge on any atom is 0.195 e. The van der Waals surface area contributed by atoms with Crippen LogP contribution in [0.4, 0.5) is 0 Å². The number of benzene rings is 2. The lowest BCUT2D eigenvalue weighted by Gasteiger charge is -2.38. The highest BCUT2D eigenvalue weighted by molar-refractivity contribution is 6.22. The SMILES string of the molecule is O=C1C(C[N+](CCO)(CCO)CCO)=Cc2cccc3cccc1c23. The summed E-state index contributed by atoms with van der Waals surface area (Å²) in [6.45, 7) is 1.35. The van der Waals surface area contributed by atoms with E-state index in [2.05, 4.69) is 0 Å². The number of nitrogens with zero attached hydrogens (tertiary/aromatic N) is 1. The molecule has 5 nitrogen and oxygen atoms in total. The van der Waals surface area contributed by atoms with Crippen LogP contribution in [0, 0.1) is 0 Å². The number of carbonyl (C=O) groups excluding carboxylic acids is 1. The standard InChI is InChI=1S/C20H24NO4/c22-10-7-21(8-11-23,9-12-24)14-17-13-16-5-1-3-15-4-2-6-18(19(15)16)20(17)25/h1-6,13,22-24H,7-12,14H2/q+1. The molecule has 5 heteroatoms. The van der Waals surface area contributed by atoms with Crippen LogP contribution in [0.5, 0.6) is 0 Å². The summed E-state index contributed by atoms with van der Waals surface area (Å²) in [5, 5.41) is 30.4. The molecule has 0 heterocycles. The first kappa shape index (κ1) is 17.8. The van der Waals surface area contributed by atoms with Crippen molar-refractivity contribution in [1.29, 1.82) is 0 Å². The predicted molar refractivity (Wildman–Crippen MR) is 97.2 cm³/mol. The van der Waals surface area contributed by atoms with Crippen molar-refractivity contribution in [1.82, 2.24) is 0 Å². The topological polar surface area (TPSA) is 77.8 Å². The summed E-state index contributed by atoms with van der Waals surface area (Å²) in [5.41, 5.74) is 2.36. The highest BCUT2D eigenvalue weighted by Crippen LogP contribution is 2.32. The number of hydrogen-bond acceptors (Lipinski definition) is 4. The van der Waals surface area contributed by atoms with Crippen molar-refractivity contribution >= 4 is 22.6 Å². The third-order valence-corrected chi connectivity index (χ3v) is 5.03. The molecule has 25 heavy (non-hydrogen) atoms. The Bertz CT molecular complexity index is 790. The average Bonchev–Trinajstić information content (AvgIpc) is 2.60. The Balaban J connectivity index is 2.03. The summed E-state index contributed by atoms with van der Waals surface area (Å²) < 4.78 is 0.291. The monoisotopic (exact) mass is 342 g/mol. The zero-order valence-corrected chi connectivity index (χ0v) is 14.2. The van der Waals surface area contributed by atoms with E-state index in [-0.39, 0.29) is 25.6 Å². The highest BCUT2D eigenvalue weighted by Gasteiger charge is 2.32. The van der Waals surface area contributed by atoms with Gasteiger partial charge in [-0.1, -0.05) is 36.4 Å². The van der Waals surface area contributed by atoms with E-state index in [0.29, 0.717) is 41.8 Å². The van der Waals surface area contributed by atoms with Gasteiger partial charge < -0.3 is 19.8 Å². The molecule has 0 aromatic heterocycles. The normalized spacial score (nSPS) is 14.0. The van der Waals surface area contributed by atoms with Gasteiger partial charge in [0.15, 0.2) is 5.78 Å². The van der Waals surface area contributed by atoms with E-state index in [9.17, 15) is 20.1 Å². The van der Waals surface area contributed by atoms with E-state index >= 15 is 0 Å². The van der Waals surface area contributed by atoms with E-state index in [1.165, 1.54) is 0 Å². The molecule has 3 rings (SSSR count). The van der Waals surface area contributed by atoms with Gasteiger partial charge >= 0.3 is 0 Å². The predicted octanol–water partition coefficient (Wildman–Crippen LogP) is 1.21. The zero-order valence-electron chi connectivity index (χ0n) is 14.2. The lowest BCUT2D eigenvalue weighted by Crippen LogP contribution is -2.55. The lowest BCUT2D eigenvalue weighted by molar-refractivity contribution is -0.924. The molecule has 0 saturated carbocycles. The number of rotatable bonds is 8. The molecule has 2 aromatic carbocycles. The Morgan fingerprint density at radius 2 is 1.44 bits per heavy atom. The first-order chi connectivity index (χ1) is 12.1. The Hall–Kier alpha value is -2.05. The fourth-order valence-corrected chi connectivity index (χ4v) is 3.79. The van der Waals surface area contributed by atoms with Crippen LogP contribution in [0.1, 0.15) is 15.9 Å². The second-order valence-corrected chi connectivity index (χ2v) is 6.59. The molecule has 0 atom stereocenters. The first-order valence-corrected chi connectivity index (χ1v) is 8.59. The largest absolute Gasteiger partial charge is 0.391 e. The van der Waals surface area contributed by atoms with E-state index < -0.39 is 0 Å². The maximum absolute atomic E-state index is 13.0. The second kappa shape index (κ2) is 7.45. The van der Waals surface area contributed by atoms with Gasteiger partial charge in [0.1, 0.15) is 26.2 Å². The Labute approximate surface area is 147 Å². The molecule has 132 valence electrons. The van der Waals surface area contributed by atoms with Gasteiger partial charge in [0.05, 0.1) is 25.4 Å². The number of carbonyl (C=O) groups is 1. The second-order valence-electron chi connectivity index (χ2n) is 6.59. The van der Waals surface area contributed by atoms with E-state index in [4.69, 9.17) is 0 Å². The average molecular weight is 342 g/mol. The van der Waals surface area contributed by atoms with Gasteiger partial charge in [-0.3, -0.25) is 4.79 Å². The molecule has 0 unspecified atom stereocenters. The van der Waals surface area contributed by atoms with Gasteiger partial charge in [-0.05, 0) is 17.0 Å². The molecular formula is C20H24NO4+. The van der Waals surface area contributed by atoms with Gasteiger partial charge in [-0.25, -0.2) is 0 Å². The highest BCUT2D eigenvalue weighted by atomic mass is 16.3. The lowest BCUT2D eigenvalue weighted by atomic mass is 9.87. The van der Waals surface area contributed by atoms with Crippen molar-refractivity contribution in [2.45, 2.75) is 0 Å². The van der Waals surface area contributed by atoms with Gasteiger partial charge in [-0.2, -0.15) is 0 Å². The van der Waals surface area contributed by atoms with E-state index in [0.717, 1.165) is 16.3 Å². The van der Waals surface area contributed by atoms with Crippen LogP contribution in [0.15, 0.2) is 42.0 Å². The molecular weight excluding hydrogens is 318 g/mol. The van der Waals surface area contributed by atoms with Crippen LogP contribution in [0.25, 0.3) is 16.8 Å². The Morgan fingerprint density at radius 3 is 2.04 bits per heavy atom. The number of aliphatic hydroxyl groups is 3. The summed E-state index contributed by atoms with van der Waals surface area (Å²) in [7, 11) is 0. The molecule has 0 radical (unpaired) electrons. The van der Waals surface area contributed by atoms with Gasteiger partial charge in [-0.15, -0.1) is 0 Å². The molecule has 0 spiro atoms. The van der Waals surface area contributed by atoms with Crippen molar-refractivity contribution < 1.29 is 24.6 Å². The number of aliphatic hydroxyl groups excluding tert-OH is 3. The molecule has 3 N–H and O–H groups in total. The fourth-order valence-electron chi connectivity index (χ4n) is 3.79. The number of Topliss-reactive ketones (excluding diaryl/α,β-unsaturated/α-hetero) is 1. The van der Waals surface area contributed by atoms with Crippen molar-refractivity contribution in [3.63, 3.8) is 0 Å². The summed E-state index contributed by atoms with van der Waals surface area (Å²) in [6, 6.07) is 11.7. The van der Waals surface area contributed by atoms with Crippen molar-refractivity contribution in [2.75, 3.05) is 46.0 Å². The molecule has 0 bridgehead atoms. The molecule has 2 aromatic rings. The molecule has 0 amide bonds. The molecule has 1 aliphatic rings. The first-order valence-electron chi connectivity index (χ1n) is 8.59. The zero-order chi connectivity index (χ0) is 17.9. The molecule has 0 saturated heterocycles. The van der Waals surface area contributed by atoms with Gasteiger partial charge in [0.2, 0.25) is 0 Å². The minimum absolute atomic E-state index is 0.0133. The minimum Gasteiger partial charge on any atom is -0.391 e. The Kier molecular flexibility index (Phi) is 5.30. The van der Waals surface area contributed by atoms with Crippen molar-refractivity contribution in [3.05, 3.63) is 53.1 Å². The summed E-state index contributed by atoms with van der Waals surface area (Å²) >= 11 is 0. The van der Waals surface area contributed by atoms with Crippen molar-refractivity contribution in [3.8, 4) is 0 Å². The van der Waals surface area contributed by atoms with Crippen molar-refractivity contribution in [2.24, 2.45) is 0 Å². The third-order valence-electron chi connectivity index (χ3n) is 5.03. The molecule has 0 fully saturated rings. The van der Waals surface area contributed by atoms with Crippen LogP contribution in [-0.2, 0) is 0 Å². The minimum atomic E-state index is -0.0619. The van der Waals surface area contributed by atoms with Crippen LogP contribution >= 0.6 is 0 Å². The number of hydrogen-bond donors (Lipinski definition) is 3. The van der Waals surface area contributed by atoms with Crippen LogP contribution < -0.4 is 0 Å². The van der Waals surface area contributed by atoms with Gasteiger partial charge in [0, 0.05) is 10.9 Å². The molecule has 1 aliphatic carbocycles.